The zero-order valence-electron chi connectivity index (χ0n) is 15.2. The zero-order valence-corrected chi connectivity index (χ0v) is 15.2. The predicted molar refractivity (Wildman–Crippen MR) is 92.7 cm³/mol. The van der Waals surface area contributed by atoms with E-state index in [0.29, 0.717) is 32.7 Å². The smallest absolute Gasteiger partial charge is 0.318 e. The number of nitrogens with one attached hydrogen (secondary N) is 2. The average molecular weight is 343 g/mol. The number of amides is 3. The maximum atomic E-state index is 12.5. The second kappa shape index (κ2) is 11.3. The maximum Gasteiger partial charge on any atom is 0.318 e. The van der Waals surface area contributed by atoms with Crippen molar-refractivity contribution < 1.29 is 19.4 Å². The van der Waals surface area contributed by atoms with Gasteiger partial charge in [0, 0.05) is 13.1 Å². The van der Waals surface area contributed by atoms with Gasteiger partial charge in [-0.2, -0.15) is 0 Å². The van der Waals surface area contributed by atoms with Crippen LogP contribution in [-0.4, -0.2) is 66.9 Å². The molecule has 3 amide bonds. The van der Waals surface area contributed by atoms with Gasteiger partial charge >= 0.3 is 6.03 Å². The van der Waals surface area contributed by atoms with Crippen LogP contribution in [0.4, 0.5) is 4.79 Å². The summed E-state index contributed by atoms with van der Waals surface area (Å²) in [7, 11) is 0. The van der Waals surface area contributed by atoms with Crippen molar-refractivity contribution in [1.29, 1.82) is 0 Å². The lowest BCUT2D eigenvalue weighted by Gasteiger charge is -2.30. The SMILES string of the molecule is CCCC[C@@H](CO)NC(=O)[C@H](CC(C)C)NC(=O)N1CCOCC1. The van der Waals surface area contributed by atoms with Gasteiger partial charge in [-0.3, -0.25) is 4.79 Å². The number of rotatable bonds is 9. The van der Waals surface area contributed by atoms with Crippen LogP contribution in [0.1, 0.15) is 46.5 Å². The third kappa shape index (κ3) is 7.49. The van der Waals surface area contributed by atoms with Gasteiger partial charge in [-0.15, -0.1) is 0 Å². The number of unbranched alkanes of at least 4 members (excludes halogenated alkanes) is 1. The summed E-state index contributed by atoms with van der Waals surface area (Å²) in [5.74, 6) is 0.0504. The van der Waals surface area contributed by atoms with Gasteiger partial charge in [0.15, 0.2) is 0 Å². The van der Waals surface area contributed by atoms with E-state index >= 15 is 0 Å². The third-order valence-electron chi connectivity index (χ3n) is 4.09. The molecule has 1 rings (SSSR count). The standard InChI is InChI=1S/C17H33N3O4/c1-4-5-6-14(12-21)18-16(22)15(11-13(2)3)19-17(23)20-7-9-24-10-8-20/h13-15,21H,4-12H2,1-3H3,(H,18,22)(H,19,23)/t14-,15-/m0/s1. The molecule has 0 aliphatic carbocycles. The first-order valence-electron chi connectivity index (χ1n) is 9.02. The summed E-state index contributed by atoms with van der Waals surface area (Å²) in [6, 6.07) is -1.07. The number of hydrogen-bond donors (Lipinski definition) is 3. The summed E-state index contributed by atoms with van der Waals surface area (Å²) in [6.07, 6.45) is 3.26. The van der Waals surface area contributed by atoms with Crippen molar-refractivity contribution in [3.63, 3.8) is 0 Å². The molecule has 7 heteroatoms. The Kier molecular flexibility index (Phi) is 9.71. The van der Waals surface area contributed by atoms with Crippen molar-refractivity contribution in [1.82, 2.24) is 15.5 Å². The zero-order chi connectivity index (χ0) is 17.9. The van der Waals surface area contributed by atoms with E-state index in [0.717, 1.165) is 19.3 Å². The van der Waals surface area contributed by atoms with Crippen molar-refractivity contribution in [2.24, 2.45) is 5.92 Å². The molecule has 7 nitrogen and oxygen atoms in total. The molecule has 3 N–H and O–H groups in total. The summed E-state index contributed by atoms with van der Waals surface area (Å²) < 4.78 is 5.24. The van der Waals surface area contributed by atoms with Crippen LogP contribution in [0.25, 0.3) is 0 Å². The summed E-state index contributed by atoms with van der Waals surface area (Å²) in [5, 5.41) is 15.1. The molecule has 0 radical (unpaired) electrons. The largest absolute Gasteiger partial charge is 0.394 e. The minimum Gasteiger partial charge on any atom is -0.394 e. The minimum absolute atomic E-state index is 0.0858. The third-order valence-corrected chi connectivity index (χ3v) is 4.09. The molecule has 1 heterocycles. The highest BCUT2D eigenvalue weighted by Gasteiger charge is 2.26. The molecule has 140 valence electrons. The van der Waals surface area contributed by atoms with Gasteiger partial charge in [0.25, 0.3) is 0 Å². The first-order chi connectivity index (χ1) is 11.5. The molecule has 2 atom stereocenters. The summed E-state index contributed by atoms with van der Waals surface area (Å²) in [4.78, 5) is 26.6. The topological polar surface area (TPSA) is 90.9 Å². The number of nitrogens with zero attached hydrogens (tertiary/aromatic N) is 1. The number of urea groups is 1. The van der Waals surface area contributed by atoms with Crippen LogP contribution in [0.15, 0.2) is 0 Å². The van der Waals surface area contributed by atoms with E-state index in [1.54, 1.807) is 4.90 Å². The van der Waals surface area contributed by atoms with Gasteiger partial charge in [-0.25, -0.2) is 4.79 Å². The van der Waals surface area contributed by atoms with E-state index in [4.69, 9.17) is 4.74 Å². The van der Waals surface area contributed by atoms with Crippen molar-refractivity contribution in [2.75, 3.05) is 32.9 Å². The lowest BCUT2D eigenvalue weighted by Crippen LogP contribution is -2.55. The van der Waals surface area contributed by atoms with E-state index in [-0.39, 0.29) is 30.5 Å². The number of aliphatic hydroxyl groups is 1. The lowest BCUT2D eigenvalue weighted by atomic mass is 10.0. The molecule has 0 aromatic carbocycles. The van der Waals surface area contributed by atoms with Gasteiger partial charge < -0.3 is 25.4 Å². The number of ether oxygens (including phenoxy) is 1. The Hall–Kier alpha value is -1.34. The van der Waals surface area contributed by atoms with Crippen LogP contribution in [0.3, 0.4) is 0 Å². The molecule has 0 bridgehead atoms. The van der Waals surface area contributed by atoms with E-state index in [9.17, 15) is 14.7 Å². The van der Waals surface area contributed by atoms with Crippen molar-refractivity contribution in [2.45, 2.75) is 58.5 Å². The van der Waals surface area contributed by atoms with Crippen LogP contribution in [0.2, 0.25) is 0 Å². The van der Waals surface area contributed by atoms with E-state index < -0.39 is 6.04 Å². The van der Waals surface area contributed by atoms with Crippen LogP contribution in [0, 0.1) is 5.92 Å². The van der Waals surface area contributed by atoms with Crippen LogP contribution in [-0.2, 0) is 9.53 Å². The molecular weight excluding hydrogens is 310 g/mol. The normalized spacial score (nSPS) is 17.5. The Bertz CT molecular complexity index is 384. The van der Waals surface area contributed by atoms with Gasteiger partial charge in [0.1, 0.15) is 6.04 Å². The highest BCUT2D eigenvalue weighted by atomic mass is 16.5. The Morgan fingerprint density at radius 1 is 1.21 bits per heavy atom. The molecule has 24 heavy (non-hydrogen) atoms. The summed E-state index contributed by atoms with van der Waals surface area (Å²) in [5.41, 5.74) is 0. The van der Waals surface area contributed by atoms with Gasteiger partial charge in [-0.05, 0) is 18.8 Å². The second-order valence-electron chi connectivity index (χ2n) is 6.76. The molecule has 1 aliphatic heterocycles. The van der Waals surface area contributed by atoms with E-state index in [1.807, 2.05) is 13.8 Å². The fraction of sp³-hybridized carbons (Fsp3) is 0.882. The number of carbonyl (C=O) groups excluding carboxylic acids is 2. The van der Waals surface area contributed by atoms with E-state index in [1.165, 1.54) is 0 Å². The van der Waals surface area contributed by atoms with Crippen molar-refractivity contribution in [3.8, 4) is 0 Å². The maximum absolute atomic E-state index is 12.5. The number of aliphatic hydroxyl groups excluding tert-OH is 1. The molecule has 0 unspecified atom stereocenters. The molecule has 1 fully saturated rings. The number of carbonyl (C=O) groups is 2. The second-order valence-corrected chi connectivity index (χ2v) is 6.76. The first kappa shape index (κ1) is 20.7. The predicted octanol–water partition coefficient (Wildman–Crippen LogP) is 1.11. The minimum atomic E-state index is -0.587. The Labute approximate surface area is 145 Å². The van der Waals surface area contributed by atoms with Crippen molar-refractivity contribution >= 4 is 11.9 Å². The summed E-state index contributed by atoms with van der Waals surface area (Å²) >= 11 is 0. The molecule has 1 saturated heterocycles. The molecule has 0 aromatic rings. The van der Waals surface area contributed by atoms with Crippen LogP contribution < -0.4 is 10.6 Å². The molecule has 0 saturated carbocycles. The highest BCUT2D eigenvalue weighted by molar-refractivity contribution is 5.87. The van der Waals surface area contributed by atoms with Gasteiger partial charge in [0.05, 0.1) is 25.9 Å². The molecular formula is C17H33N3O4. The van der Waals surface area contributed by atoms with Gasteiger partial charge in [0.2, 0.25) is 5.91 Å². The first-order valence-corrected chi connectivity index (χ1v) is 9.02. The monoisotopic (exact) mass is 343 g/mol. The molecule has 0 aromatic heterocycles. The van der Waals surface area contributed by atoms with Crippen LogP contribution in [0.5, 0.6) is 0 Å². The fourth-order valence-electron chi connectivity index (χ4n) is 2.67. The van der Waals surface area contributed by atoms with Crippen molar-refractivity contribution in [3.05, 3.63) is 0 Å². The Morgan fingerprint density at radius 2 is 1.88 bits per heavy atom. The van der Waals surface area contributed by atoms with Crippen LogP contribution >= 0.6 is 0 Å². The number of hydrogen-bond acceptors (Lipinski definition) is 4. The Morgan fingerprint density at radius 3 is 2.42 bits per heavy atom. The molecule has 1 aliphatic rings. The number of morpholine rings is 1. The summed E-state index contributed by atoms with van der Waals surface area (Å²) in [6.45, 7) is 8.15. The fourth-order valence-corrected chi connectivity index (χ4v) is 2.67. The quantitative estimate of drug-likeness (QED) is 0.585. The highest BCUT2D eigenvalue weighted by Crippen LogP contribution is 2.08. The lowest BCUT2D eigenvalue weighted by molar-refractivity contribution is -0.124. The molecule has 0 spiro atoms. The van der Waals surface area contributed by atoms with Gasteiger partial charge in [-0.1, -0.05) is 33.6 Å². The average Bonchev–Trinajstić information content (AvgIpc) is 2.58. The Balaban J connectivity index is 2.61. The van der Waals surface area contributed by atoms with E-state index in [2.05, 4.69) is 17.6 Å².